The monoisotopic (exact) mass is 602 g/mol. The van der Waals surface area contributed by atoms with Gasteiger partial charge in [-0.2, -0.15) is 0 Å². The van der Waals surface area contributed by atoms with Gasteiger partial charge in [0.2, 0.25) is 5.91 Å². The third kappa shape index (κ3) is 6.59. The van der Waals surface area contributed by atoms with Gasteiger partial charge in [-0.1, -0.05) is 29.8 Å². The molecule has 1 aliphatic rings. The molecule has 216 valence electrons. The van der Waals surface area contributed by atoms with E-state index in [4.69, 9.17) is 21.1 Å². The molecular weight excluding hydrogens is 576 g/mol. The first kappa shape index (κ1) is 29.8. The molecule has 0 saturated carbocycles. The maximum atomic E-state index is 13.9. The van der Waals surface area contributed by atoms with Crippen LogP contribution < -0.4 is 14.4 Å². The molecule has 0 aliphatic carbocycles. The van der Waals surface area contributed by atoms with Crippen LogP contribution in [0.5, 0.6) is 5.75 Å². The van der Waals surface area contributed by atoms with E-state index < -0.39 is 38.0 Å². The first-order valence-corrected chi connectivity index (χ1v) is 14.2. The van der Waals surface area contributed by atoms with Crippen molar-refractivity contribution in [2.45, 2.75) is 11.8 Å². The number of ether oxygens (including phenoxy) is 2. The standard InChI is InChI=1S/C27H27ClN4O8S/c1-18-7-9-20(16-23(18)32(35)36)41(37,38)31(24-15-19(28)8-10-25(24)39-2)17-26(33)29-22-6-4-3-5-21(22)27(34)30-11-13-40-14-12-30/h3-10,15-16H,11-14,17H2,1-2H3,(H,29,33). The van der Waals surface area contributed by atoms with Gasteiger partial charge < -0.3 is 19.7 Å². The predicted molar refractivity (Wildman–Crippen MR) is 152 cm³/mol. The zero-order chi connectivity index (χ0) is 29.7. The Hall–Kier alpha value is -4.20. The second-order valence-electron chi connectivity index (χ2n) is 9.03. The van der Waals surface area contributed by atoms with Gasteiger partial charge in [0.25, 0.3) is 21.6 Å². The Bertz CT molecular complexity index is 1590. The number of sulfonamides is 1. The minimum atomic E-state index is -4.57. The number of rotatable bonds is 9. The van der Waals surface area contributed by atoms with E-state index in [1.807, 2.05) is 0 Å². The summed E-state index contributed by atoms with van der Waals surface area (Å²) in [5, 5.41) is 14.3. The fourth-order valence-corrected chi connectivity index (χ4v) is 5.88. The van der Waals surface area contributed by atoms with E-state index in [1.54, 1.807) is 23.1 Å². The molecule has 12 nitrogen and oxygen atoms in total. The van der Waals surface area contributed by atoms with Crippen LogP contribution in [0, 0.1) is 17.0 Å². The van der Waals surface area contributed by atoms with Crippen molar-refractivity contribution in [3.63, 3.8) is 0 Å². The number of nitro benzene ring substituents is 1. The molecule has 0 spiro atoms. The lowest BCUT2D eigenvalue weighted by atomic mass is 10.1. The Kier molecular flexibility index (Phi) is 9.11. The quantitative estimate of drug-likeness (QED) is 0.287. The van der Waals surface area contributed by atoms with Gasteiger partial charge in [0.15, 0.2) is 0 Å². The Labute approximate surface area is 241 Å². The second kappa shape index (κ2) is 12.5. The molecule has 14 heteroatoms. The minimum absolute atomic E-state index is 0.0592. The molecule has 0 atom stereocenters. The zero-order valence-corrected chi connectivity index (χ0v) is 23.8. The van der Waals surface area contributed by atoms with E-state index in [0.717, 1.165) is 10.4 Å². The number of hydrogen-bond donors (Lipinski definition) is 1. The number of nitro groups is 1. The number of halogens is 1. The predicted octanol–water partition coefficient (Wildman–Crippen LogP) is 3.87. The Balaban J connectivity index is 1.72. The molecule has 0 unspecified atom stereocenters. The lowest BCUT2D eigenvalue weighted by molar-refractivity contribution is -0.385. The number of methoxy groups -OCH3 is 1. The van der Waals surface area contributed by atoms with E-state index in [9.17, 15) is 28.1 Å². The van der Waals surface area contributed by atoms with E-state index in [0.29, 0.717) is 26.3 Å². The SMILES string of the molecule is COc1ccc(Cl)cc1N(CC(=O)Nc1ccccc1C(=O)N1CCOCC1)S(=O)(=O)c1ccc(C)c([N+](=O)[O-])c1. The highest BCUT2D eigenvalue weighted by Crippen LogP contribution is 2.36. The molecular formula is C27H27ClN4O8S. The summed E-state index contributed by atoms with van der Waals surface area (Å²) in [6.45, 7) is 2.29. The number of nitrogens with zero attached hydrogens (tertiary/aromatic N) is 3. The number of anilines is 2. The number of nitrogens with one attached hydrogen (secondary N) is 1. The third-order valence-corrected chi connectivity index (χ3v) is 8.38. The van der Waals surface area contributed by atoms with Gasteiger partial charge in [0, 0.05) is 29.7 Å². The molecule has 4 rings (SSSR count). The zero-order valence-electron chi connectivity index (χ0n) is 22.2. The maximum Gasteiger partial charge on any atom is 0.273 e. The normalized spacial score (nSPS) is 13.4. The maximum absolute atomic E-state index is 13.9. The van der Waals surface area contributed by atoms with Crippen LogP contribution in [0.1, 0.15) is 15.9 Å². The third-order valence-electron chi connectivity index (χ3n) is 6.39. The highest BCUT2D eigenvalue weighted by molar-refractivity contribution is 7.92. The molecule has 41 heavy (non-hydrogen) atoms. The average molecular weight is 603 g/mol. The van der Waals surface area contributed by atoms with Crippen LogP contribution in [0.25, 0.3) is 0 Å². The summed E-state index contributed by atoms with van der Waals surface area (Å²) in [7, 11) is -3.25. The number of aryl methyl sites for hydroxylation is 1. The van der Waals surface area contributed by atoms with Crippen LogP contribution in [-0.4, -0.2) is 70.0 Å². The summed E-state index contributed by atoms with van der Waals surface area (Å²) < 4.78 is 39.2. The summed E-state index contributed by atoms with van der Waals surface area (Å²) >= 11 is 6.18. The van der Waals surface area contributed by atoms with Gasteiger partial charge in [-0.05, 0) is 43.3 Å². The number of benzene rings is 3. The number of amides is 2. The molecule has 2 amide bonds. The second-order valence-corrected chi connectivity index (χ2v) is 11.3. The van der Waals surface area contributed by atoms with Gasteiger partial charge in [-0.3, -0.25) is 24.0 Å². The number of carbonyl (C=O) groups excluding carboxylic acids is 2. The number of morpholine rings is 1. The molecule has 1 fully saturated rings. The molecule has 3 aromatic rings. The van der Waals surface area contributed by atoms with Gasteiger partial charge in [0.1, 0.15) is 12.3 Å². The van der Waals surface area contributed by atoms with Crippen molar-refractivity contribution in [3.05, 3.63) is 86.9 Å². The number of para-hydroxylation sites is 1. The van der Waals surface area contributed by atoms with E-state index in [-0.39, 0.29) is 39.2 Å². The number of carbonyl (C=O) groups is 2. The van der Waals surface area contributed by atoms with Crippen molar-refractivity contribution in [1.29, 1.82) is 0 Å². The van der Waals surface area contributed by atoms with Crippen molar-refractivity contribution in [3.8, 4) is 5.75 Å². The molecule has 1 saturated heterocycles. The van der Waals surface area contributed by atoms with Crippen molar-refractivity contribution >= 4 is 50.5 Å². The van der Waals surface area contributed by atoms with Crippen molar-refractivity contribution in [1.82, 2.24) is 4.90 Å². The Morgan fingerprint density at radius 1 is 1.12 bits per heavy atom. The van der Waals surface area contributed by atoms with Crippen LogP contribution in [0.4, 0.5) is 17.1 Å². The number of hydrogen-bond acceptors (Lipinski definition) is 8. The lowest BCUT2D eigenvalue weighted by Crippen LogP contribution is -2.41. The minimum Gasteiger partial charge on any atom is -0.495 e. The van der Waals surface area contributed by atoms with Crippen LogP contribution >= 0.6 is 11.6 Å². The van der Waals surface area contributed by atoms with Crippen LogP contribution in [0.3, 0.4) is 0 Å². The van der Waals surface area contributed by atoms with E-state index in [1.165, 1.54) is 50.4 Å². The van der Waals surface area contributed by atoms with Gasteiger partial charge in [-0.25, -0.2) is 8.42 Å². The van der Waals surface area contributed by atoms with Crippen LogP contribution in [0.15, 0.2) is 65.6 Å². The average Bonchev–Trinajstić information content (AvgIpc) is 2.96. The molecule has 0 radical (unpaired) electrons. The summed E-state index contributed by atoms with van der Waals surface area (Å²) in [5.41, 5.74) is 0.224. The van der Waals surface area contributed by atoms with Crippen molar-refractivity contribution in [2.75, 3.05) is 49.6 Å². The summed E-state index contributed by atoms with van der Waals surface area (Å²) in [6.07, 6.45) is 0. The first-order chi connectivity index (χ1) is 19.5. The van der Waals surface area contributed by atoms with Crippen molar-refractivity contribution in [2.24, 2.45) is 0 Å². The topological polar surface area (TPSA) is 148 Å². The van der Waals surface area contributed by atoms with Crippen molar-refractivity contribution < 1.29 is 32.4 Å². The molecule has 1 aliphatic heterocycles. The Morgan fingerprint density at radius 2 is 1.83 bits per heavy atom. The summed E-state index contributed by atoms with van der Waals surface area (Å²) in [6, 6.07) is 14.1. The molecule has 0 bridgehead atoms. The molecule has 0 aromatic heterocycles. The lowest BCUT2D eigenvalue weighted by Gasteiger charge is -2.28. The smallest absolute Gasteiger partial charge is 0.273 e. The van der Waals surface area contributed by atoms with Gasteiger partial charge >= 0.3 is 0 Å². The molecule has 1 N–H and O–H groups in total. The highest BCUT2D eigenvalue weighted by Gasteiger charge is 2.32. The van der Waals surface area contributed by atoms with E-state index in [2.05, 4.69) is 5.32 Å². The molecule has 1 heterocycles. The van der Waals surface area contributed by atoms with Crippen LogP contribution in [0.2, 0.25) is 5.02 Å². The fourth-order valence-electron chi connectivity index (χ4n) is 4.27. The largest absolute Gasteiger partial charge is 0.495 e. The Morgan fingerprint density at radius 3 is 2.51 bits per heavy atom. The van der Waals surface area contributed by atoms with Crippen LogP contribution in [-0.2, 0) is 19.6 Å². The summed E-state index contributed by atoms with van der Waals surface area (Å²) in [4.78, 5) is 38.6. The first-order valence-electron chi connectivity index (χ1n) is 12.4. The van der Waals surface area contributed by atoms with E-state index >= 15 is 0 Å². The highest BCUT2D eigenvalue weighted by atomic mass is 35.5. The van der Waals surface area contributed by atoms with Gasteiger partial charge in [-0.15, -0.1) is 0 Å². The fraction of sp³-hybridized carbons (Fsp3) is 0.259. The summed E-state index contributed by atoms with van der Waals surface area (Å²) in [5.74, 6) is -0.994. The molecule has 3 aromatic carbocycles. The van der Waals surface area contributed by atoms with Gasteiger partial charge in [0.05, 0.1) is 47.1 Å².